The third kappa shape index (κ3) is 7.61. The molecule has 3 atom stereocenters. The number of nitrogens with zero attached hydrogens (tertiary/aromatic N) is 6. The van der Waals surface area contributed by atoms with Crippen molar-refractivity contribution in [3.63, 3.8) is 0 Å². The van der Waals surface area contributed by atoms with E-state index >= 15 is 0 Å². The number of hydrogen-bond donors (Lipinski definition) is 2. The largest absolute Gasteiger partial charge is 0.494 e. The number of para-hydroxylation sites is 2. The van der Waals surface area contributed by atoms with Gasteiger partial charge in [-0.3, -0.25) is 14.4 Å². The van der Waals surface area contributed by atoms with Gasteiger partial charge in [0.05, 0.1) is 31.5 Å². The van der Waals surface area contributed by atoms with Gasteiger partial charge in [0.15, 0.2) is 0 Å². The van der Waals surface area contributed by atoms with Crippen LogP contribution in [0.1, 0.15) is 66.7 Å². The van der Waals surface area contributed by atoms with Crippen LogP contribution in [0.15, 0.2) is 67.0 Å². The van der Waals surface area contributed by atoms with Gasteiger partial charge in [-0.15, -0.1) is 0 Å². The summed E-state index contributed by atoms with van der Waals surface area (Å²) in [6.45, 7) is 6.77. The number of carbonyl (C=O) groups is 3. The molecule has 2 N–H and O–H groups in total. The van der Waals surface area contributed by atoms with Crippen molar-refractivity contribution in [1.29, 1.82) is 0 Å². The van der Waals surface area contributed by atoms with E-state index in [1.54, 1.807) is 33.8 Å². The van der Waals surface area contributed by atoms with Gasteiger partial charge in [0, 0.05) is 25.7 Å². The molecule has 3 amide bonds. The lowest BCUT2D eigenvalue weighted by Crippen LogP contribution is -2.51. The predicted molar refractivity (Wildman–Crippen MR) is 172 cm³/mol. The summed E-state index contributed by atoms with van der Waals surface area (Å²) in [5.74, 6) is 1.01. The van der Waals surface area contributed by atoms with Gasteiger partial charge in [0.25, 0.3) is 5.91 Å². The van der Waals surface area contributed by atoms with Crippen LogP contribution < -0.4 is 15.4 Å². The summed E-state index contributed by atoms with van der Waals surface area (Å²) in [5.41, 5.74) is 2.15. The minimum absolute atomic E-state index is 0.0910. The Morgan fingerprint density at radius 3 is 2.57 bits per heavy atom. The summed E-state index contributed by atoms with van der Waals surface area (Å²) < 4.78 is 8.88. The molecule has 242 valence electrons. The molecule has 46 heavy (non-hydrogen) atoms. The van der Waals surface area contributed by atoms with E-state index in [4.69, 9.17) is 9.72 Å². The number of aryl methyl sites for hydroxylation is 1. The molecule has 0 saturated carbocycles. The van der Waals surface area contributed by atoms with Crippen molar-refractivity contribution in [2.75, 3.05) is 20.2 Å². The first-order chi connectivity index (χ1) is 22.3. The van der Waals surface area contributed by atoms with Gasteiger partial charge in [-0.2, -0.15) is 10.2 Å². The van der Waals surface area contributed by atoms with Crippen molar-refractivity contribution in [1.82, 2.24) is 40.1 Å². The molecule has 12 heteroatoms. The molecule has 0 spiro atoms. The fourth-order valence-corrected chi connectivity index (χ4v) is 5.69. The van der Waals surface area contributed by atoms with Gasteiger partial charge in [-0.05, 0) is 43.4 Å². The Bertz CT molecular complexity index is 1650. The maximum Gasteiger partial charge on any atom is 0.257 e. The van der Waals surface area contributed by atoms with E-state index in [9.17, 15) is 14.4 Å². The van der Waals surface area contributed by atoms with E-state index in [1.165, 1.54) is 0 Å². The summed E-state index contributed by atoms with van der Waals surface area (Å²) in [5, 5.41) is 15.3. The molecule has 3 heterocycles. The highest BCUT2D eigenvalue weighted by atomic mass is 16.5. The Morgan fingerprint density at radius 1 is 1.04 bits per heavy atom. The van der Waals surface area contributed by atoms with Crippen LogP contribution in [-0.4, -0.2) is 73.4 Å². The van der Waals surface area contributed by atoms with Crippen molar-refractivity contribution >= 4 is 17.7 Å². The molecule has 12 nitrogen and oxygen atoms in total. The second-order valence-corrected chi connectivity index (χ2v) is 11.7. The highest BCUT2D eigenvalue weighted by Crippen LogP contribution is 2.23. The Morgan fingerprint density at radius 2 is 1.80 bits per heavy atom. The number of amides is 3. The third-order valence-corrected chi connectivity index (χ3v) is 8.39. The molecule has 4 aromatic rings. The minimum atomic E-state index is -0.713. The molecule has 2 aromatic heterocycles. The second-order valence-electron chi connectivity index (χ2n) is 11.7. The molecule has 0 unspecified atom stereocenters. The van der Waals surface area contributed by atoms with Gasteiger partial charge in [-0.1, -0.05) is 62.7 Å². The standard InChI is InChI=1S/C34H42N8O4/c1-5-23(2)31-33(44)37-27(20-25-12-7-6-8-13-25)32-36-24(3)39-41(32)19-18-40(17-11-16-30(43)38-31)34(45)26-21-35-42(22-26)28-14-9-10-15-29(28)46-4/h6-10,12-15,21-23,27,31H,5,11,16-20H2,1-4H3,(H,37,44)(H,38,43)/t23-,27-,31-/m0/s1. The van der Waals surface area contributed by atoms with Crippen LogP contribution in [-0.2, 0) is 22.6 Å². The Balaban J connectivity index is 1.46. The maximum atomic E-state index is 13.9. The number of hydrogen-bond acceptors (Lipinski definition) is 7. The predicted octanol–water partition coefficient (Wildman–Crippen LogP) is 3.65. The quantitative estimate of drug-likeness (QED) is 0.320. The first kappa shape index (κ1) is 32.4. The van der Waals surface area contributed by atoms with E-state index in [-0.39, 0.29) is 30.1 Å². The number of carbonyl (C=O) groups excluding carboxylic acids is 3. The zero-order valence-corrected chi connectivity index (χ0v) is 26.8. The number of methoxy groups -OCH3 is 1. The minimum Gasteiger partial charge on any atom is -0.494 e. The molecule has 0 radical (unpaired) electrons. The average Bonchev–Trinajstić information content (AvgIpc) is 3.71. The summed E-state index contributed by atoms with van der Waals surface area (Å²) in [7, 11) is 1.59. The SMILES string of the molecule is CC[C@H](C)[C@@H]1NC(=O)CCCN(C(=O)c2cnn(-c3ccccc3OC)c2)CCn2nc(C)nc2[C@H](Cc2ccccc2)NC1=O. The summed E-state index contributed by atoms with van der Waals surface area (Å²) in [6, 6.07) is 16.1. The topological polar surface area (TPSA) is 136 Å². The molecular formula is C34H42N8O4. The van der Waals surface area contributed by atoms with Gasteiger partial charge in [-0.25, -0.2) is 14.3 Å². The van der Waals surface area contributed by atoms with Crippen LogP contribution in [0, 0.1) is 12.8 Å². The number of ether oxygens (including phenoxy) is 1. The zero-order chi connectivity index (χ0) is 32.6. The molecule has 1 aliphatic heterocycles. The van der Waals surface area contributed by atoms with E-state index in [1.807, 2.05) is 75.4 Å². The Labute approximate surface area is 269 Å². The van der Waals surface area contributed by atoms with Crippen LogP contribution >= 0.6 is 0 Å². The number of aromatic nitrogens is 5. The van der Waals surface area contributed by atoms with Crippen LogP contribution in [0.5, 0.6) is 5.75 Å². The van der Waals surface area contributed by atoms with Gasteiger partial charge in [0.1, 0.15) is 29.1 Å². The van der Waals surface area contributed by atoms with Crippen LogP contribution in [0.2, 0.25) is 0 Å². The van der Waals surface area contributed by atoms with Crippen molar-refractivity contribution < 1.29 is 19.1 Å². The molecule has 0 fully saturated rings. The van der Waals surface area contributed by atoms with Gasteiger partial charge < -0.3 is 20.3 Å². The molecule has 1 aliphatic rings. The maximum absolute atomic E-state index is 13.9. The number of benzene rings is 2. The smallest absolute Gasteiger partial charge is 0.257 e. The highest BCUT2D eigenvalue weighted by molar-refractivity contribution is 5.94. The normalized spacial score (nSPS) is 18.6. The molecule has 2 aromatic carbocycles. The van der Waals surface area contributed by atoms with E-state index in [0.29, 0.717) is 67.5 Å². The zero-order valence-electron chi connectivity index (χ0n) is 26.8. The van der Waals surface area contributed by atoms with E-state index < -0.39 is 12.1 Å². The van der Waals surface area contributed by atoms with Crippen molar-refractivity contribution in [2.24, 2.45) is 5.92 Å². The Kier molecular flexibility index (Phi) is 10.5. The van der Waals surface area contributed by atoms with E-state index in [2.05, 4.69) is 20.8 Å². The molecular weight excluding hydrogens is 584 g/mol. The molecule has 0 aliphatic carbocycles. The van der Waals surface area contributed by atoms with E-state index in [0.717, 1.165) is 5.56 Å². The molecule has 0 bridgehead atoms. The number of fused-ring (bicyclic) bond motifs is 1. The van der Waals surface area contributed by atoms with Crippen molar-refractivity contribution in [2.45, 2.75) is 65.1 Å². The molecule has 5 rings (SSSR count). The number of nitrogens with one attached hydrogen (secondary N) is 2. The van der Waals surface area contributed by atoms with Crippen molar-refractivity contribution in [3.05, 3.63) is 89.8 Å². The van der Waals surface area contributed by atoms with Crippen LogP contribution in [0.3, 0.4) is 0 Å². The average molecular weight is 627 g/mol. The van der Waals surface area contributed by atoms with Crippen LogP contribution in [0.25, 0.3) is 5.69 Å². The lowest BCUT2D eigenvalue weighted by atomic mass is 9.97. The third-order valence-electron chi connectivity index (χ3n) is 8.39. The first-order valence-electron chi connectivity index (χ1n) is 15.8. The summed E-state index contributed by atoms with van der Waals surface area (Å²) in [4.78, 5) is 47.2. The Hall–Kier alpha value is -5.00. The summed E-state index contributed by atoms with van der Waals surface area (Å²) >= 11 is 0. The van der Waals surface area contributed by atoms with Gasteiger partial charge in [0.2, 0.25) is 11.8 Å². The fourth-order valence-electron chi connectivity index (χ4n) is 5.69. The number of rotatable bonds is 7. The van der Waals surface area contributed by atoms with Crippen molar-refractivity contribution in [3.8, 4) is 11.4 Å². The first-order valence-corrected chi connectivity index (χ1v) is 15.8. The van der Waals surface area contributed by atoms with Crippen LogP contribution in [0.4, 0.5) is 0 Å². The lowest BCUT2D eigenvalue weighted by Gasteiger charge is -2.28. The summed E-state index contributed by atoms with van der Waals surface area (Å²) in [6.07, 6.45) is 5.02. The second kappa shape index (κ2) is 14.9. The monoisotopic (exact) mass is 626 g/mol. The molecule has 0 saturated heterocycles. The van der Waals surface area contributed by atoms with Gasteiger partial charge >= 0.3 is 0 Å². The fraction of sp³-hybridized carbons (Fsp3) is 0.412. The lowest BCUT2D eigenvalue weighted by molar-refractivity contribution is -0.130. The highest BCUT2D eigenvalue weighted by Gasteiger charge is 2.31.